The number of aliphatic hydroxyl groups is 1. The minimum Gasteiger partial charge on any atom is -0.494 e. The van der Waals surface area contributed by atoms with Gasteiger partial charge in [-0.15, -0.1) is 0 Å². The summed E-state index contributed by atoms with van der Waals surface area (Å²) in [7, 11) is 0. The van der Waals surface area contributed by atoms with Gasteiger partial charge in [0.05, 0.1) is 6.61 Å². The van der Waals surface area contributed by atoms with E-state index in [9.17, 15) is 9.59 Å². The number of benzene rings is 1. The van der Waals surface area contributed by atoms with Crippen molar-refractivity contribution in [2.45, 2.75) is 83.3 Å². The molecular formula is C27H41N3O6. The molecule has 1 aromatic rings. The summed E-state index contributed by atoms with van der Waals surface area (Å²) in [6, 6.07) is 7.22. The van der Waals surface area contributed by atoms with E-state index in [1.54, 1.807) is 12.1 Å². The van der Waals surface area contributed by atoms with E-state index >= 15 is 0 Å². The molecule has 1 heterocycles. The number of nitrogens with one attached hydrogen (secondary N) is 2. The summed E-state index contributed by atoms with van der Waals surface area (Å²) < 4.78 is 16.9. The van der Waals surface area contributed by atoms with Gasteiger partial charge in [-0.1, -0.05) is 19.3 Å². The van der Waals surface area contributed by atoms with Crippen LogP contribution in [-0.2, 0) is 19.1 Å². The lowest BCUT2D eigenvalue weighted by molar-refractivity contribution is -0.155. The van der Waals surface area contributed by atoms with Gasteiger partial charge in [-0.3, -0.25) is 15.0 Å². The van der Waals surface area contributed by atoms with Crippen LogP contribution in [0.3, 0.4) is 0 Å². The van der Waals surface area contributed by atoms with Gasteiger partial charge in [0.1, 0.15) is 18.0 Å². The molecule has 1 aromatic carbocycles. The molecule has 9 heteroatoms. The molecule has 0 radical (unpaired) electrons. The maximum absolute atomic E-state index is 13.3. The Hall–Kier alpha value is -2.65. The summed E-state index contributed by atoms with van der Waals surface area (Å²) in [5, 5.41) is 8.90. The first kappa shape index (κ1) is 27.9. The molecule has 3 rings (SSSR count). The van der Waals surface area contributed by atoms with Crippen LogP contribution in [0.5, 0.6) is 5.75 Å². The molecule has 1 fully saturated rings. The summed E-state index contributed by atoms with van der Waals surface area (Å²) in [6.45, 7) is 6.69. The zero-order valence-electron chi connectivity index (χ0n) is 21.8. The van der Waals surface area contributed by atoms with E-state index < -0.39 is 11.1 Å². The first-order valence-corrected chi connectivity index (χ1v) is 13.0. The third kappa shape index (κ3) is 8.48. The summed E-state index contributed by atoms with van der Waals surface area (Å²) in [6.07, 6.45) is 6.84. The standard InChI is InChI=1S/C27H41N3O6/c1-26(2,3)36-23(32)14-15-27(25(33)30-28-18-20-8-5-4-6-9-20)19-35-24(29-27)21-10-12-22(13-11-21)34-17-7-16-31/h10-13,20,28,31H,4-9,14-19H2,1-3H3,(H,30,33)/t27-/m0/s1. The highest BCUT2D eigenvalue weighted by Gasteiger charge is 2.45. The molecular weight excluding hydrogens is 462 g/mol. The Morgan fingerprint density at radius 2 is 1.89 bits per heavy atom. The van der Waals surface area contributed by atoms with Crippen molar-refractivity contribution in [1.82, 2.24) is 10.9 Å². The minimum atomic E-state index is -1.23. The van der Waals surface area contributed by atoms with Gasteiger partial charge >= 0.3 is 5.97 Å². The quantitative estimate of drug-likeness (QED) is 0.228. The van der Waals surface area contributed by atoms with Gasteiger partial charge in [-0.25, -0.2) is 10.4 Å². The second kappa shape index (κ2) is 13.1. The van der Waals surface area contributed by atoms with E-state index in [1.807, 2.05) is 32.9 Å². The second-order valence-electron chi connectivity index (χ2n) is 10.6. The Morgan fingerprint density at radius 1 is 1.17 bits per heavy atom. The van der Waals surface area contributed by atoms with Crippen LogP contribution in [0.1, 0.15) is 77.7 Å². The Balaban J connectivity index is 1.68. The molecule has 1 aliphatic carbocycles. The molecule has 0 saturated heterocycles. The molecule has 1 amide bonds. The molecule has 1 atom stereocenters. The molecule has 0 unspecified atom stereocenters. The molecule has 200 valence electrons. The van der Waals surface area contributed by atoms with Gasteiger partial charge in [0.15, 0.2) is 5.54 Å². The van der Waals surface area contributed by atoms with E-state index in [0.717, 1.165) is 12.8 Å². The summed E-state index contributed by atoms with van der Waals surface area (Å²) in [5.74, 6) is 0.877. The monoisotopic (exact) mass is 503 g/mol. The fraction of sp³-hybridized carbons (Fsp3) is 0.667. The van der Waals surface area contributed by atoms with Crippen LogP contribution in [0, 0.1) is 5.92 Å². The van der Waals surface area contributed by atoms with Crippen molar-refractivity contribution in [3.63, 3.8) is 0 Å². The predicted octanol–water partition coefficient (Wildman–Crippen LogP) is 3.29. The van der Waals surface area contributed by atoms with E-state index in [4.69, 9.17) is 19.3 Å². The number of carbonyl (C=O) groups is 2. The normalized spacial score (nSPS) is 20.4. The highest BCUT2D eigenvalue weighted by Crippen LogP contribution is 2.29. The molecule has 0 spiro atoms. The number of carbonyl (C=O) groups excluding carboxylic acids is 2. The van der Waals surface area contributed by atoms with Crippen LogP contribution < -0.4 is 15.6 Å². The lowest BCUT2D eigenvalue weighted by Crippen LogP contribution is -2.52. The molecule has 1 saturated carbocycles. The highest BCUT2D eigenvalue weighted by atomic mass is 16.6. The second-order valence-corrected chi connectivity index (χ2v) is 10.6. The van der Waals surface area contributed by atoms with Gasteiger partial charge in [0.25, 0.3) is 5.91 Å². The summed E-state index contributed by atoms with van der Waals surface area (Å²) >= 11 is 0. The topological polar surface area (TPSA) is 118 Å². The van der Waals surface area contributed by atoms with Crippen LogP contribution in [0.15, 0.2) is 29.3 Å². The number of ether oxygens (including phenoxy) is 3. The lowest BCUT2D eigenvalue weighted by atomic mass is 9.89. The van der Waals surface area contributed by atoms with Crippen LogP contribution in [-0.4, -0.2) is 60.4 Å². The Bertz CT molecular complexity index is 890. The van der Waals surface area contributed by atoms with Crippen molar-refractivity contribution in [1.29, 1.82) is 0 Å². The molecule has 0 aromatic heterocycles. The van der Waals surface area contributed by atoms with Crippen LogP contribution in [0.4, 0.5) is 0 Å². The molecule has 36 heavy (non-hydrogen) atoms. The van der Waals surface area contributed by atoms with Gasteiger partial charge in [0.2, 0.25) is 5.90 Å². The lowest BCUT2D eigenvalue weighted by Gasteiger charge is -2.26. The van der Waals surface area contributed by atoms with E-state index in [0.29, 0.717) is 42.7 Å². The summed E-state index contributed by atoms with van der Waals surface area (Å²) in [5.41, 5.74) is 4.80. The fourth-order valence-electron chi connectivity index (χ4n) is 4.39. The number of hydrazine groups is 1. The van der Waals surface area contributed by atoms with E-state index in [-0.39, 0.29) is 37.9 Å². The fourth-order valence-corrected chi connectivity index (χ4v) is 4.39. The smallest absolute Gasteiger partial charge is 0.306 e. The predicted molar refractivity (Wildman–Crippen MR) is 137 cm³/mol. The van der Waals surface area contributed by atoms with Gasteiger partial charge in [-0.2, -0.15) is 0 Å². The first-order chi connectivity index (χ1) is 17.2. The molecule has 9 nitrogen and oxygen atoms in total. The molecule has 0 bridgehead atoms. The Morgan fingerprint density at radius 3 is 2.56 bits per heavy atom. The number of esters is 1. The number of rotatable bonds is 12. The van der Waals surface area contributed by atoms with Crippen molar-refractivity contribution in [2.75, 3.05) is 26.4 Å². The largest absolute Gasteiger partial charge is 0.494 e. The first-order valence-electron chi connectivity index (χ1n) is 13.0. The van der Waals surface area contributed by atoms with Crippen molar-refractivity contribution in [3.05, 3.63) is 29.8 Å². The van der Waals surface area contributed by atoms with Crippen molar-refractivity contribution >= 4 is 17.8 Å². The zero-order chi connectivity index (χ0) is 26.0. The molecule has 2 aliphatic rings. The SMILES string of the molecule is CC(C)(C)OC(=O)CC[C@@]1(C(=O)NNCC2CCCCC2)COC(c2ccc(OCCCO)cc2)=N1. The van der Waals surface area contributed by atoms with Crippen LogP contribution in [0.25, 0.3) is 0 Å². The van der Waals surface area contributed by atoms with E-state index in [2.05, 4.69) is 15.8 Å². The number of amides is 1. The average Bonchev–Trinajstić information content (AvgIpc) is 3.29. The van der Waals surface area contributed by atoms with Gasteiger partial charge in [-0.05, 0) is 70.2 Å². The molecule has 1 aliphatic heterocycles. The van der Waals surface area contributed by atoms with Gasteiger partial charge in [0, 0.05) is 31.6 Å². The third-order valence-corrected chi connectivity index (χ3v) is 6.34. The highest BCUT2D eigenvalue weighted by molar-refractivity contribution is 6.00. The number of aliphatic imine (C=N–C) groups is 1. The summed E-state index contributed by atoms with van der Waals surface area (Å²) in [4.78, 5) is 30.4. The number of hydrogen-bond donors (Lipinski definition) is 3. The van der Waals surface area contributed by atoms with Crippen LogP contribution in [0.2, 0.25) is 0 Å². The maximum Gasteiger partial charge on any atom is 0.306 e. The Labute approximate surface area is 214 Å². The average molecular weight is 504 g/mol. The van der Waals surface area contributed by atoms with Crippen molar-refractivity contribution in [2.24, 2.45) is 10.9 Å². The molecule has 3 N–H and O–H groups in total. The number of hydrogen-bond acceptors (Lipinski definition) is 8. The van der Waals surface area contributed by atoms with Gasteiger partial charge < -0.3 is 19.3 Å². The van der Waals surface area contributed by atoms with Crippen molar-refractivity contribution in [3.8, 4) is 5.75 Å². The van der Waals surface area contributed by atoms with Crippen LogP contribution >= 0.6 is 0 Å². The maximum atomic E-state index is 13.3. The zero-order valence-corrected chi connectivity index (χ0v) is 21.8. The van der Waals surface area contributed by atoms with E-state index in [1.165, 1.54) is 19.3 Å². The number of nitrogens with zero attached hydrogens (tertiary/aromatic N) is 1. The minimum absolute atomic E-state index is 0.0385. The third-order valence-electron chi connectivity index (χ3n) is 6.34. The van der Waals surface area contributed by atoms with Crippen molar-refractivity contribution < 1.29 is 28.9 Å². The number of aliphatic hydroxyl groups excluding tert-OH is 1. The Kier molecular flexibility index (Phi) is 10.1.